The maximum atomic E-state index is 14.9. The van der Waals surface area contributed by atoms with Crippen molar-refractivity contribution < 1.29 is 19.1 Å². The van der Waals surface area contributed by atoms with Crippen LogP contribution in [0.3, 0.4) is 0 Å². The standard InChI is InChI=1S/C46H58N8O4/c1-7-41-40(43(50-37-14-16-58-17-15-37)39-23-48-54(8-2)45(39)51-41)28-53(46(56)36-19-29(3)18-35(22-36)44(47)55)27-33-12-13-42(57-6)38(21-33)34-11-9-10-32(20-34)26-52-24-30(4)49-31(5)25-52/h9-13,18-23,30-31,37,49H,7-8,14-17,24-28H2,1-6H3,(H2,47,55)(H,50,51)/t30-,31+. The average Bonchev–Trinajstić information content (AvgIpc) is 3.63. The van der Waals surface area contributed by atoms with Crippen LogP contribution < -0.4 is 21.1 Å². The van der Waals surface area contributed by atoms with E-state index in [-0.39, 0.29) is 25.0 Å². The van der Waals surface area contributed by atoms with E-state index in [4.69, 9.17) is 25.3 Å². The minimum absolute atomic E-state index is 0.199. The molecular formula is C46H58N8O4. The molecule has 0 unspecified atom stereocenters. The lowest BCUT2D eigenvalue weighted by Gasteiger charge is -2.36. The fourth-order valence-electron chi connectivity index (χ4n) is 8.67. The summed E-state index contributed by atoms with van der Waals surface area (Å²) in [4.78, 5) is 36.8. The number of benzene rings is 3. The highest BCUT2D eigenvalue weighted by Gasteiger charge is 2.27. The van der Waals surface area contributed by atoms with E-state index >= 15 is 0 Å². The summed E-state index contributed by atoms with van der Waals surface area (Å²) in [6.07, 6.45) is 4.29. The van der Waals surface area contributed by atoms with Crippen LogP contribution in [-0.4, -0.2) is 87.9 Å². The Morgan fingerprint density at radius 3 is 2.45 bits per heavy atom. The minimum Gasteiger partial charge on any atom is -0.496 e. The molecule has 0 aliphatic carbocycles. The SMILES string of the molecule is CCc1nc2c(cnn2CC)c(NC2CCOCC2)c1CN(Cc1ccc(OC)c(-c2cccc(CN3C[C@@H](C)N[C@@H](C)C3)c2)c1)C(=O)c1cc(C)cc(C(N)=O)c1. The summed E-state index contributed by atoms with van der Waals surface area (Å²) < 4.78 is 13.6. The van der Waals surface area contributed by atoms with Gasteiger partial charge in [0.1, 0.15) is 5.75 Å². The Morgan fingerprint density at radius 1 is 0.983 bits per heavy atom. The lowest BCUT2D eigenvalue weighted by Crippen LogP contribution is -2.53. The van der Waals surface area contributed by atoms with Crippen molar-refractivity contribution in [3.05, 3.63) is 106 Å². The van der Waals surface area contributed by atoms with E-state index in [1.165, 1.54) is 5.56 Å². The third-order valence-corrected chi connectivity index (χ3v) is 11.3. The molecule has 2 amide bonds. The molecule has 7 rings (SSSR count). The van der Waals surface area contributed by atoms with Gasteiger partial charge in [-0.1, -0.05) is 31.2 Å². The number of anilines is 1. The predicted molar refractivity (Wildman–Crippen MR) is 229 cm³/mol. The minimum atomic E-state index is -0.578. The number of primary amides is 1. The maximum Gasteiger partial charge on any atom is 0.254 e. The Balaban J connectivity index is 1.29. The number of piperazine rings is 1. The molecule has 12 heteroatoms. The predicted octanol–water partition coefficient (Wildman–Crippen LogP) is 6.71. The molecule has 12 nitrogen and oxygen atoms in total. The van der Waals surface area contributed by atoms with Crippen molar-refractivity contribution >= 4 is 28.5 Å². The lowest BCUT2D eigenvalue weighted by atomic mass is 9.98. The molecule has 2 aliphatic heterocycles. The van der Waals surface area contributed by atoms with E-state index in [9.17, 15) is 9.59 Å². The molecule has 2 aliphatic rings. The molecule has 0 spiro atoms. The second-order valence-electron chi connectivity index (χ2n) is 16.0. The van der Waals surface area contributed by atoms with Crippen LogP contribution in [0.1, 0.15) is 89.2 Å². The molecule has 4 N–H and O–H groups in total. The molecule has 2 saturated heterocycles. The number of aromatic nitrogens is 3. The highest BCUT2D eigenvalue weighted by atomic mass is 16.5. The zero-order valence-corrected chi connectivity index (χ0v) is 34.8. The second kappa shape index (κ2) is 18.1. The molecule has 0 saturated carbocycles. The third-order valence-electron chi connectivity index (χ3n) is 11.3. The second-order valence-corrected chi connectivity index (χ2v) is 16.0. The van der Waals surface area contributed by atoms with Gasteiger partial charge in [0.05, 0.1) is 30.9 Å². The van der Waals surface area contributed by atoms with Crippen molar-refractivity contribution in [2.45, 2.75) is 98.2 Å². The number of nitrogens with two attached hydrogens (primary N) is 1. The smallest absolute Gasteiger partial charge is 0.254 e. The summed E-state index contributed by atoms with van der Waals surface area (Å²) in [5, 5.41) is 13.1. The van der Waals surface area contributed by atoms with Crippen LogP contribution in [0.5, 0.6) is 5.75 Å². The van der Waals surface area contributed by atoms with E-state index < -0.39 is 5.91 Å². The van der Waals surface area contributed by atoms with Crippen molar-refractivity contribution in [3.8, 4) is 16.9 Å². The van der Waals surface area contributed by atoms with Crippen LogP contribution in [0.15, 0.2) is 66.9 Å². The number of aryl methyl sites for hydroxylation is 3. The van der Waals surface area contributed by atoms with E-state index in [2.05, 4.69) is 73.6 Å². The van der Waals surface area contributed by atoms with E-state index in [0.29, 0.717) is 49.4 Å². The monoisotopic (exact) mass is 786 g/mol. The van der Waals surface area contributed by atoms with Crippen molar-refractivity contribution in [2.24, 2.45) is 5.73 Å². The molecule has 3 aromatic carbocycles. The number of fused-ring (bicyclic) bond motifs is 1. The first-order valence-electron chi connectivity index (χ1n) is 20.7. The summed E-state index contributed by atoms with van der Waals surface area (Å²) in [7, 11) is 1.69. The lowest BCUT2D eigenvalue weighted by molar-refractivity contribution is 0.0729. The number of nitrogens with one attached hydrogen (secondary N) is 2. The van der Waals surface area contributed by atoms with Gasteiger partial charge >= 0.3 is 0 Å². The zero-order chi connectivity index (χ0) is 40.9. The first kappa shape index (κ1) is 40.9. The number of methoxy groups -OCH3 is 1. The molecule has 2 atom stereocenters. The van der Waals surface area contributed by atoms with Crippen molar-refractivity contribution in [3.63, 3.8) is 0 Å². The molecular weight excluding hydrogens is 729 g/mol. The number of rotatable bonds is 14. The van der Waals surface area contributed by atoms with Gasteiger partial charge < -0.3 is 30.7 Å². The molecule has 0 radical (unpaired) electrons. The first-order valence-corrected chi connectivity index (χ1v) is 20.7. The first-order chi connectivity index (χ1) is 28.0. The van der Waals surface area contributed by atoms with Gasteiger partial charge in [-0.15, -0.1) is 0 Å². The Kier molecular flexibility index (Phi) is 12.8. The van der Waals surface area contributed by atoms with Crippen LogP contribution >= 0.6 is 0 Å². The van der Waals surface area contributed by atoms with Crippen molar-refractivity contribution in [1.82, 2.24) is 29.9 Å². The maximum absolute atomic E-state index is 14.9. The highest BCUT2D eigenvalue weighted by molar-refractivity contribution is 6.00. The van der Waals surface area contributed by atoms with Gasteiger partial charge in [-0.05, 0) is 106 Å². The Morgan fingerprint density at radius 2 is 1.74 bits per heavy atom. The number of ether oxygens (including phenoxy) is 2. The topological polar surface area (TPSA) is 140 Å². The third kappa shape index (κ3) is 9.20. The number of nitrogens with zero attached hydrogens (tertiary/aromatic N) is 5. The fraction of sp³-hybridized carbons (Fsp3) is 0.435. The van der Waals surface area contributed by atoms with Gasteiger partial charge in [-0.25, -0.2) is 9.67 Å². The summed E-state index contributed by atoms with van der Waals surface area (Å²) in [6.45, 7) is 16.0. The molecule has 0 bridgehead atoms. The van der Waals surface area contributed by atoms with Gasteiger partial charge in [0, 0.05) is 92.0 Å². The summed E-state index contributed by atoms with van der Waals surface area (Å²) in [5.41, 5.74) is 15.0. The van der Waals surface area contributed by atoms with Crippen LogP contribution in [-0.2, 0) is 37.3 Å². The normalized spacial score (nSPS) is 17.7. The van der Waals surface area contributed by atoms with Crippen LogP contribution in [0.4, 0.5) is 5.69 Å². The quantitative estimate of drug-likeness (QED) is 0.112. The Hall–Kier alpha value is -5.30. The van der Waals surface area contributed by atoms with E-state index in [1.54, 1.807) is 19.2 Å². The van der Waals surface area contributed by atoms with E-state index in [0.717, 1.165) is 88.5 Å². The Labute approximate surface area is 342 Å². The van der Waals surface area contributed by atoms with Crippen molar-refractivity contribution in [2.75, 3.05) is 38.7 Å². The molecule has 58 heavy (non-hydrogen) atoms. The zero-order valence-electron chi connectivity index (χ0n) is 34.8. The number of pyridine rings is 1. The molecule has 2 fully saturated rings. The number of carbonyl (C=O) groups is 2. The molecule has 2 aromatic heterocycles. The van der Waals surface area contributed by atoms with Gasteiger partial charge in [0.25, 0.3) is 5.91 Å². The van der Waals surface area contributed by atoms with Crippen LogP contribution in [0.2, 0.25) is 0 Å². The molecule has 4 heterocycles. The van der Waals surface area contributed by atoms with Gasteiger partial charge in [-0.2, -0.15) is 5.10 Å². The summed E-state index contributed by atoms with van der Waals surface area (Å²) in [6, 6.07) is 21.0. The number of hydrogen-bond donors (Lipinski definition) is 3. The van der Waals surface area contributed by atoms with Gasteiger partial charge in [-0.3, -0.25) is 14.5 Å². The Bertz CT molecular complexity index is 2250. The van der Waals surface area contributed by atoms with Crippen LogP contribution in [0.25, 0.3) is 22.2 Å². The van der Waals surface area contributed by atoms with E-state index in [1.807, 2.05) is 40.9 Å². The highest BCUT2D eigenvalue weighted by Crippen LogP contribution is 2.35. The number of hydrogen-bond acceptors (Lipinski definition) is 9. The van der Waals surface area contributed by atoms with Gasteiger partial charge in [0.2, 0.25) is 5.91 Å². The van der Waals surface area contributed by atoms with Gasteiger partial charge in [0.15, 0.2) is 5.65 Å². The largest absolute Gasteiger partial charge is 0.496 e. The number of carbonyl (C=O) groups excluding carboxylic acids is 2. The number of amides is 2. The summed E-state index contributed by atoms with van der Waals surface area (Å²) in [5.74, 6) is -0.0358. The fourth-order valence-corrected chi connectivity index (χ4v) is 8.67. The summed E-state index contributed by atoms with van der Waals surface area (Å²) >= 11 is 0. The molecule has 306 valence electrons. The molecule has 5 aromatic rings. The average molecular weight is 787 g/mol. The van der Waals surface area contributed by atoms with Crippen molar-refractivity contribution in [1.29, 1.82) is 0 Å². The van der Waals surface area contributed by atoms with Crippen LogP contribution in [0, 0.1) is 6.92 Å².